The molecule has 1 aliphatic rings. The van der Waals surface area contributed by atoms with Crippen molar-refractivity contribution < 1.29 is 9.90 Å². The van der Waals surface area contributed by atoms with Gasteiger partial charge in [-0.15, -0.1) is 0 Å². The predicted molar refractivity (Wildman–Crippen MR) is 58.0 cm³/mol. The lowest BCUT2D eigenvalue weighted by atomic mass is 9.94. The van der Waals surface area contributed by atoms with Crippen molar-refractivity contribution in [2.45, 2.75) is 25.3 Å². The molecule has 3 heteroatoms. The van der Waals surface area contributed by atoms with Gasteiger partial charge in [-0.1, -0.05) is 24.6 Å². The number of carbonyl (C=O) groups is 1. The van der Waals surface area contributed by atoms with E-state index in [1.54, 1.807) is 12.1 Å². The molecule has 1 aromatic rings. The molecule has 0 spiro atoms. The number of hydrogen-bond donors (Lipinski definition) is 2. The first-order valence-electron chi connectivity index (χ1n) is 5.34. The maximum atomic E-state index is 11.0. The number of nitrogens with one attached hydrogen (secondary N) is 1. The van der Waals surface area contributed by atoms with Crippen LogP contribution in [0.1, 0.15) is 41.2 Å². The van der Waals surface area contributed by atoms with Gasteiger partial charge in [0.25, 0.3) is 0 Å². The molecule has 80 valence electrons. The van der Waals surface area contributed by atoms with Gasteiger partial charge in [-0.25, -0.2) is 4.79 Å². The van der Waals surface area contributed by atoms with Crippen molar-refractivity contribution in [3.63, 3.8) is 0 Å². The number of carboxylic acid groups (broad SMARTS) is 1. The second-order valence-electron chi connectivity index (χ2n) is 3.89. The van der Waals surface area contributed by atoms with E-state index in [1.807, 2.05) is 12.1 Å². The van der Waals surface area contributed by atoms with Crippen LogP contribution in [0.15, 0.2) is 24.3 Å². The Labute approximate surface area is 89.1 Å². The van der Waals surface area contributed by atoms with Crippen LogP contribution in [0.4, 0.5) is 0 Å². The molecule has 2 rings (SSSR count). The van der Waals surface area contributed by atoms with Gasteiger partial charge in [-0.05, 0) is 31.0 Å². The summed E-state index contributed by atoms with van der Waals surface area (Å²) in [7, 11) is 0. The molecule has 0 aromatic heterocycles. The number of hydrogen-bond acceptors (Lipinski definition) is 2. The maximum Gasteiger partial charge on any atom is 0.336 e. The van der Waals surface area contributed by atoms with Crippen LogP contribution in [0.5, 0.6) is 0 Å². The molecule has 0 radical (unpaired) electrons. The molecule has 0 amide bonds. The molecule has 0 aliphatic carbocycles. The van der Waals surface area contributed by atoms with E-state index in [0.29, 0.717) is 5.56 Å². The summed E-state index contributed by atoms with van der Waals surface area (Å²) in [4.78, 5) is 11.0. The topological polar surface area (TPSA) is 49.3 Å². The lowest BCUT2D eigenvalue weighted by Crippen LogP contribution is -2.28. The molecule has 1 saturated heterocycles. The van der Waals surface area contributed by atoms with Crippen molar-refractivity contribution in [3.05, 3.63) is 35.4 Å². The highest BCUT2D eigenvalue weighted by Crippen LogP contribution is 2.25. The van der Waals surface area contributed by atoms with Crippen molar-refractivity contribution in [2.24, 2.45) is 0 Å². The minimum Gasteiger partial charge on any atom is -0.478 e. The van der Waals surface area contributed by atoms with Crippen molar-refractivity contribution in [1.29, 1.82) is 0 Å². The van der Waals surface area contributed by atoms with E-state index in [0.717, 1.165) is 18.5 Å². The molecule has 0 bridgehead atoms. The Hall–Kier alpha value is -1.35. The summed E-state index contributed by atoms with van der Waals surface area (Å²) in [5.74, 6) is -0.835. The van der Waals surface area contributed by atoms with E-state index in [9.17, 15) is 4.79 Å². The average Bonchev–Trinajstić information content (AvgIpc) is 2.30. The number of rotatable bonds is 2. The number of carboxylic acids is 1. The molecule has 0 unspecified atom stereocenters. The normalized spacial score (nSPS) is 21.2. The summed E-state index contributed by atoms with van der Waals surface area (Å²) in [6.07, 6.45) is 3.39. The summed E-state index contributed by atoms with van der Waals surface area (Å²) >= 11 is 0. The van der Waals surface area contributed by atoms with Crippen molar-refractivity contribution >= 4 is 5.97 Å². The van der Waals surface area contributed by atoms with Gasteiger partial charge >= 0.3 is 5.97 Å². The number of benzene rings is 1. The van der Waals surface area contributed by atoms with E-state index in [2.05, 4.69) is 5.32 Å². The first-order valence-corrected chi connectivity index (χ1v) is 5.34. The Morgan fingerprint density at radius 3 is 2.80 bits per heavy atom. The lowest BCUT2D eigenvalue weighted by Gasteiger charge is -2.24. The highest BCUT2D eigenvalue weighted by atomic mass is 16.4. The second-order valence-corrected chi connectivity index (χ2v) is 3.89. The minimum atomic E-state index is -0.835. The Bertz CT molecular complexity index is 356. The van der Waals surface area contributed by atoms with Crippen molar-refractivity contribution in [2.75, 3.05) is 6.54 Å². The lowest BCUT2D eigenvalue weighted by molar-refractivity contribution is 0.0694. The van der Waals surface area contributed by atoms with Gasteiger partial charge in [-0.3, -0.25) is 0 Å². The third-order valence-electron chi connectivity index (χ3n) is 2.88. The van der Waals surface area contributed by atoms with Crippen molar-refractivity contribution in [1.82, 2.24) is 5.32 Å². The minimum absolute atomic E-state index is 0.214. The molecular formula is C12H15NO2. The Balaban J connectivity index is 2.29. The average molecular weight is 205 g/mol. The maximum absolute atomic E-state index is 11.0. The fourth-order valence-electron chi connectivity index (χ4n) is 2.11. The van der Waals surface area contributed by atoms with E-state index in [-0.39, 0.29) is 6.04 Å². The summed E-state index contributed by atoms with van der Waals surface area (Å²) in [5.41, 5.74) is 1.35. The molecule has 2 N–H and O–H groups in total. The van der Waals surface area contributed by atoms with Gasteiger partial charge in [-0.2, -0.15) is 0 Å². The summed E-state index contributed by atoms with van der Waals surface area (Å²) in [6.45, 7) is 0.985. The van der Waals surface area contributed by atoms with Crippen molar-refractivity contribution in [3.8, 4) is 0 Å². The largest absolute Gasteiger partial charge is 0.478 e. The standard InChI is InChI=1S/C12H15NO2/c14-12(15)10-6-2-1-5-9(10)11-7-3-4-8-13-11/h1-2,5-6,11,13H,3-4,7-8H2,(H,14,15)/t11-/m1/s1. The Morgan fingerprint density at radius 1 is 1.33 bits per heavy atom. The van der Waals surface area contributed by atoms with Crippen LogP contribution in [0, 0.1) is 0 Å². The first-order chi connectivity index (χ1) is 7.29. The fraction of sp³-hybridized carbons (Fsp3) is 0.417. The SMILES string of the molecule is O=C(O)c1ccccc1[C@H]1CCCCN1. The predicted octanol–water partition coefficient (Wildman–Crippen LogP) is 2.20. The number of aromatic carboxylic acids is 1. The van der Waals surface area contributed by atoms with E-state index in [1.165, 1.54) is 12.8 Å². The van der Waals surface area contributed by atoms with Crippen LogP contribution in [-0.2, 0) is 0 Å². The van der Waals surface area contributed by atoms with Crippen LogP contribution in [-0.4, -0.2) is 17.6 Å². The smallest absolute Gasteiger partial charge is 0.336 e. The van der Waals surface area contributed by atoms with Gasteiger partial charge < -0.3 is 10.4 Å². The van der Waals surface area contributed by atoms with Gasteiger partial charge in [0.2, 0.25) is 0 Å². The van der Waals surface area contributed by atoms with Crippen LogP contribution in [0.25, 0.3) is 0 Å². The van der Waals surface area contributed by atoms with Crippen LogP contribution in [0.2, 0.25) is 0 Å². The van der Waals surface area contributed by atoms with Gasteiger partial charge in [0, 0.05) is 6.04 Å². The monoisotopic (exact) mass is 205 g/mol. The molecule has 1 fully saturated rings. The zero-order valence-corrected chi connectivity index (χ0v) is 8.57. The van der Waals surface area contributed by atoms with Gasteiger partial charge in [0.15, 0.2) is 0 Å². The summed E-state index contributed by atoms with van der Waals surface area (Å²) < 4.78 is 0. The Kier molecular flexibility index (Phi) is 3.02. The zero-order chi connectivity index (χ0) is 10.7. The summed E-state index contributed by atoms with van der Waals surface area (Å²) in [5, 5.41) is 12.4. The zero-order valence-electron chi connectivity index (χ0n) is 8.57. The molecule has 1 aliphatic heterocycles. The molecule has 1 atom stereocenters. The molecule has 1 aromatic carbocycles. The van der Waals surface area contributed by atoms with E-state index < -0.39 is 5.97 Å². The molecule has 1 heterocycles. The fourth-order valence-corrected chi connectivity index (χ4v) is 2.11. The van der Waals surface area contributed by atoms with Crippen LogP contribution >= 0.6 is 0 Å². The Morgan fingerprint density at radius 2 is 2.13 bits per heavy atom. The molecule has 0 saturated carbocycles. The molecule has 3 nitrogen and oxygen atoms in total. The van der Waals surface area contributed by atoms with Crippen LogP contribution in [0.3, 0.4) is 0 Å². The second kappa shape index (κ2) is 4.45. The third-order valence-corrected chi connectivity index (χ3v) is 2.88. The molecular weight excluding hydrogens is 190 g/mol. The number of piperidine rings is 1. The quantitative estimate of drug-likeness (QED) is 0.778. The first kappa shape index (κ1) is 10.2. The van der Waals surface area contributed by atoms with Gasteiger partial charge in [0.1, 0.15) is 0 Å². The van der Waals surface area contributed by atoms with Crippen LogP contribution < -0.4 is 5.32 Å². The third kappa shape index (κ3) is 2.18. The van der Waals surface area contributed by atoms with E-state index >= 15 is 0 Å². The summed E-state index contributed by atoms with van der Waals surface area (Å²) in [6, 6.07) is 7.47. The highest BCUT2D eigenvalue weighted by Gasteiger charge is 2.19. The molecule has 15 heavy (non-hydrogen) atoms. The van der Waals surface area contributed by atoms with E-state index in [4.69, 9.17) is 5.11 Å². The van der Waals surface area contributed by atoms with Gasteiger partial charge in [0.05, 0.1) is 5.56 Å². The highest BCUT2D eigenvalue weighted by molar-refractivity contribution is 5.89.